The van der Waals surface area contributed by atoms with Crippen LogP contribution in [0.3, 0.4) is 0 Å². The van der Waals surface area contributed by atoms with E-state index in [2.05, 4.69) is 21.9 Å². The molecule has 0 atom stereocenters. The summed E-state index contributed by atoms with van der Waals surface area (Å²) >= 11 is 0. The summed E-state index contributed by atoms with van der Waals surface area (Å²) in [5, 5.41) is 0. The van der Waals surface area contributed by atoms with E-state index < -0.39 is 0 Å². The summed E-state index contributed by atoms with van der Waals surface area (Å²) in [6.07, 6.45) is -0.254. The van der Waals surface area contributed by atoms with Crippen molar-refractivity contribution in [3.05, 3.63) is 30.3 Å². The van der Waals surface area contributed by atoms with Crippen molar-refractivity contribution in [3.63, 3.8) is 0 Å². The Morgan fingerprint density at radius 2 is 1.50 bits per heavy atom. The van der Waals surface area contributed by atoms with Gasteiger partial charge in [-0.25, -0.2) is 4.79 Å². The van der Waals surface area contributed by atoms with Crippen LogP contribution in [0.5, 0.6) is 0 Å². The minimum atomic E-state index is -0.254. The van der Waals surface area contributed by atoms with Gasteiger partial charge in [0.25, 0.3) is 0 Å². The molecule has 2 amide bonds. The van der Waals surface area contributed by atoms with E-state index in [1.165, 1.54) is 5.69 Å². The molecular weight excluding hydrogens is 332 g/mol. The average molecular weight is 360 g/mol. The van der Waals surface area contributed by atoms with E-state index in [9.17, 15) is 9.59 Å². The largest absolute Gasteiger partial charge is 0.450 e. The molecular formula is C19H28N4O3. The van der Waals surface area contributed by atoms with E-state index in [0.717, 1.165) is 26.2 Å². The van der Waals surface area contributed by atoms with Gasteiger partial charge in [0, 0.05) is 58.0 Å². The lowest BCUT2D eigenvalue weighted by atomic mass is 10.2. The minimum Gasteiger partial charge on any atom is -0.450 e. The number of piperazine rings is 2. The first-order valence-electron chi connectivity index (χ1n) is 9.39. The average Bonchev–Trinajstić information content (AvgIpc) is 2.69. The first-order valence-corrected chi connectivity index (χ1v) is 9.39. The highest BCUT2D eigenvalue weighted by atomic mass is 16.6. The summed E-state index contributed by atoms with van der Waals surface area (Å²) in [6, 6.07) is 10.3. The zero-order valence-corrected chi connectivity index (χ0v) is 15.5. The van der Waals surface area contributed by atoms with E-state index in [1.807, 2.05) is 30.0 Å². The number of amides is 2. The molecule has 1 aromatic carbocycles. The van der Waals surface area contributed by atoms with Crippen molar-refractivity contribution in [1.29, 1.82) is 0 Å². The van der Waals surface area contributed by atoms with Gasteiger partial charge >= 0.3 is 6.09 Å². The number of para-hydroxylation sites is 1. The maximum absolute atomic E-state index is 12.6. The highest BCUT2D eigenvalue weighted by molar-refractivity contribution is 5.78. The van der Waals surface area contributed by atoms with E-state index in [0.29, 0.717) is 39.3 Å². The molecule has 2 aliphatic rings. The van der Waals surface area contributed by atoms with Gasteiger partial charge in [0.05, 0.1) is 13.2 Å². The highest BCUT2D eigenvalue weighted by Gasteiger charge is 2.26. The Bertz CT molecular complexity index is 594. The Labute approximate surface area is 155 Å². The van der Waals surface area contributed by atoms with Gasteiger partial charge in [0.1, 0.15) is 0 Å². The SMILES string of the molecule is CCOC(=O)N1CCN(CC(=O)N2CCN(c3ccccc3)CC2)CC1. The lowest BCUT2D eigenvalue weighted by molar-refractivity contribution is -0.133. The van der Waals surface area contributed by atoms with Crippen molar-refractivity contribution < 1.29 is 14.3 Å². The standard InChI is InChI=1S/C19H28N4O3/c1-2-26-19(25)23-10-8-20(9-11-23)16-18(24)22-14-12-21(13-15-22)17-6-4-3-5-7-17/h3-7H,2,8-16H2,1H3. The summed E-state index contributed by atoms with van der Waals surface area (Å²) in [5.41, 5.74) is 1.22. The first kappa shape index (κ1) is 18.5. The highest BCUT2D eigenvalue weighted by Crippen LogP contribution is 2.15. The molecule has 0 spiro atoms. The zero-order valence-electron chi connectivity index (χ0n) is 15.5. The Kier molecular flexibility index (Phi) is 6.33. The molecule has 7 nitrogen and oxygen atoms in total. The Morgan fingerprint density at radius 1 is 0.885 bits per heavy atom. The van der Waals surface area contributed by atoms with Crippen molar-refractivity contribution >= 4 is 17.7 Å². The van der Waals surface area contributed by atoms with Crippen molar-refractivity contribution in [2.24, 2.45) is 0 Å². The maximum atomic E-state index is 12.6. The molecule has 0 bridgehead atoms. The van der Waals surface area contributed by atoms with Gasteiger partial charge in [-0.15, -0.1) is 0 Å². The third-order valence-electron chi connectivity index (χ3n) is 5.01. The molecule has 0 saturated carbocycles. The van der Waals surface area contributed by atoms with Gasteiger partial charge in [0.2, 0.25) is 5.91 Å². The fourth-order valence-electron chi connectivity index (χ4n) is 3.45. The van der Waals surface area contributed by atoms with Crippen molar-refractivity contribution in [1.82, 2.24) is 14.7 Å². The van der Waals surface area contributed by atoms with Crippen LogP contribution in [0.4, 0.5) is 10.5 Å². The number of carbonyl (C=O) groups is 2. The molecule has 2 aliphatic heterocycles. The van der Waals surface area contributed by atoms with E-state index in [1.54, 1.807) is 4.90 Å². The molecule has 2 fully saturated rings. The van der Waals surface area contributed by atoms with Crippen LogP contribution >= 0.6 is 0 Å². The quantitative estimate of drug-likeness (QED) is 0.805. The van der Waals surface area contributed by atoms with Crippen LogP contribution in [-0.4, -0.2) is 92.2 Å². The lowest BCUT2D eigenvalue weighted by Crippen LogP contribution is -2.54. The molecule has 7 heteroatoms. The third kappa shape index (κ3) is 4.66. The number of hydrogen-bond acceptors (Lipinski definition) is 5. The van der Waals surface area contributed by atoms with Crippen molar-refractivity contribution in [2.75, 3.05) is 70.4 Å². The van der Waals surface area contributed by atoms with Crippen molar-refractivity contribution in [2.45, 2.75) is 6.92 Å². The maximum Gasteiger partial charge on any atom is 0.409 e. The van der Waals surface area contributed by atoms with Gasteiger partial charge < -0.3 is 19.4 Å². The summed E-state index contributed by atoms with van der Waals surface area (Å²) in [7, 11) is 0. The van der Waals surface area contributed by atoms with Crippen LogP contribution in [-0.2, 0) is 9.53 Å². The number of benzene rings is 1. The number of rotatable bonds is 4. The number of carbonyl (C=O) groups excluding carboxylic acids is 2. The van der Waals surface area contributed by atoms with Gasteiger partial charge in [-0.1, -0.05) is 18.2 Å². The predicted molar refractivity (Wildman–Crippen MR) is 100 cm³/mol. The number of ether oxygens (including phenoxy) is 1. The Hall–Kier alpha value is -2.28. The molecule has 0 N–H and O–H groups in total. The fourth-order valence-corrected chi connectivity index (χ4v) is 3.45. The van der Waals surface area contributed by atoms with Crippen LogP contribution in [0.1, 0.15) is 6.92 Å². The van der Waals surface area contributed by atoms with Gasteiger partial charge in [-0.2, -0.15) is 0 Å². The molecule has 0 aromatic heterocycles. The minimum absolute atomic E-state index is 0.183. The number of hydrogen-bond donors (Lipinski definition) is 0. The van der Waals surface area contributed by atoms with E-state index in [4.69, 9.17) is 4.74 Å². The molecule has 2 heterocycles. The van der Waals surface area contributed by atoms with Crippen molar-refractivity contribution in [3.8, 4) is 0 Å². The summed E-state index contributed by atoms with van der Waals surface area (Å²) in [6.45, 7) is 8.57. The molecule has 1 aromatic rings. The van der Waals surface area contributed by atoms with Crippen LogP contribution < -0.4 is 4.90 Å². The first-order chi connectivity index (χ1) is 12.7. The smallest absolute Gasteiger partial charge is 0.409 e. The fraction of sp³-hybridized carbons (Fsp3) is 0.579. The summed E-state index contributed by atoms with van der Waals surface area (Å²) in [4.78, 5) is 32.4. The van der Waals surface area contributed by atoms with Gasteiger partial charge in [0.15, 0.2) is 0 Å². The zero-order chi connectivity index (χ0) is 18.4. The normalized spacial score (nSPS) is 18.7. The predicted octanol–water partition coefficient (Wildman–Crippen LogP) is 1.11. The van der Waals surface area contributed by atoms with Crippen LogP contribution in [0.15, 0.2) is 30.3 Å². The van der Waals surface area contributed by atoms with Crippen LogP contribution in [0.25, 0.3) is 0 Å². The second-order valence-electron chi connectivity index (χ2n) is 6.67. The second kappa shape index (κ2) is 8.89. The Balaban J connectivity index is 1.40. The monoisotopic (exact) mass is 360 g/mol. The van der Waals surface area contributed by atoms with E-state index in [-0.39, 0.29) is 12.0 Å². The third-order valence-corrected chi connectivity index (χ3v) is 5.01. The molecule has 0 unspecified atom stereocenters. The molecule has 2 saturated heterocycles. The molecule has 142 valence electrons. The molecule has 0 aliphatic carbocycles. The topological polar surface area (TPSA) is 56.3 Å². The molecule has 26 heavy (non-hydrogen) atoms. The van der Waals surface area contributed by atoms with Crippen LogP contribution in [0.2, 0.25) is 0 Å². The molecule has 0 radical (unpaired) electrons. The van der Waals surface area contributed by atoms with Crippen LogP contribution in [0, 0.1) is 0 Å². The number of anilines is 1. The summed E-state index contributed by atoms with van der Waals surface area (Å²) < 4.78 is 5.03. The Morgan fingerprint density at radius 3 is 2.12 bits per heavy atom. The van der Waals surface area contributed by atoms with Gasteiger partial charge in [-0.05, 0) is 19.1 Å². The summed E-state index contributed by atoms with van der Waals surface area (Å²) in [5.74, 6) is 0.183. The number of nitrogens with zero attached hydrogens (tertiary/aromatic N) is 4. The lowest BCUT2D eigenvalue weighted by Gasteiger charge is -2.38. The van der Waals surface area contributed by atoms with E-state index >= 15 is 0 Å². The molecule has 3 rings (SSSR count). The second-order valence-corrected chi connectivity index (χ2v) is 6.67. The van der Waals surface area contributed by atoms with Gasteiger partial charge in [-0.3, -0.25) is 9.69 Å².